The highest BCUT2D eigenvalue weighted by molar-refractivity contribution is 8.03. The van der Waals surface area contributed by atoms with E-state index in [0.717, 1.165) is 30.5 Å². The van der Waals surface area contributed by atoms with Gasteiger partial charge in [-0.2, -0.15) is 0 Å². The summed E-state index contributed by atoms with van der Waals surface area (Å²) in [5.74, 6) is -1.12. The molecular weight excluding hydrogens is 440 g/mol. The highest BCUT2D eigenvalue weighted by Crippen LogP contribution is 2.34. The van der Waals surface area contributed by atoms with Crippen molar-refractivity contribution in [1.29, 1.82) is 0 Å². The lowest BCUT2D eigenvalue weighted by atomic mass is 10.1. The van der Waals surface area contributed by atoms with Crippen LogP contribution in [0.2, 0.25) is 0 Å². The van der Waals surface area contributed by atoms with Crippen LogP contribution in [0.5, 0.6) is 5.75 Å². The van der Waals surface area contributed by atoms with Gasteiger partial charge >= 0.3 is 0 Å². The zero-order valence-electron chi connectivity index (χ0n) is 19.6. The van der Waals surface area contributed by atoms with Gasteiger partial charge < -0.3 is 31.1 Å². The van der Waals surface area contributed by atoms with Gasteiger partial charge in [0.15, 0.2) is 17.0 Å². The van der Waals surface area contributed by atoms with Gasteiger partial charge in [0.2, 0.25) is 5.91 Å². The van der Waals surface area contributed by atoms with E-state index in [1.54, 1.807) is 23.9 Å². The van der Waals surface area contributed by atoms with Crippen LogP contribution in [0, 0.1) is 0 Å². The van der Waals surface area contributed by atoms with Gasteiger partial charge in [0.1, 0.15) is 12.4 Å². The Morgan fingerprint density at radius 3 is 2.48 bits per heavy atom. The van der Waals surface area contributed by atoms with Crippen molar-refractivity contribution in [3.8, 4) is 5.75 Å². The number of hydrogen-bond donors (Lipinski definition) is 6. The van der Waals surface area contributed by atoms with Crippen molar-refractivity contribution in [2.45, 2.75) is 58.4 Å². The SMILES string of the molecule is C=C/C(=C\C(O)=C(\O)CO)CC(=O)NC1NC(Cc2ccc(O)cc2)=C(CCCC)S1.CC. The minimum absolute atomic E-state index is 0.0391. The van der Waals surface area contributed by atoms with Crippen LogP contribution in [0.4, 0.5) is 0 Å². The van der Waals surface area contributed by atoms with E-state index >= 15 is 0 Å². The molecule has 1 aliphatic rings. The Kier molecular flexibility index (Phi) is 12.9. The lowest BCUT2D eigenvalue weighted by Gasteiger charge is -2.15. The molecular formula is C25H36N2O5S. The first-order chi connectivity index (χ1) is 15.9. The molecule has 2 rings (SSSR count). The van der Waals surface area contributed by atoms with Crippen molar-refractivity contribution >= 4 is 17.7 Å². The summed E-state index contributed by atoms with van der Waals surface area (Å²) in [7, 11) is 0. The number of hydrogen-bond acceptors (Lipinski definition) is 7. The fraction of sp³-hybridized carbons (Fsp3) is 0.400. The smallest absolute Gasteiger partial charge is 0.226 e. The van der Waals surface area contributed by atoms with Crippen LogP contribution >= 0.6 is 11.8 Å². The molecule has 0 saturated carbocycles. The average molecular weight is 477 g/mol. The monoisotopic (exact) mass is 476 g/mol. The molecule has 182 valence electrons. The standard InChI is InChI=1S/C23H30N2O5S.C2H6/c1-3-5-6-21-18(11-16-7-9-17(27)10-8-16)24-23(31-21)25-22(30)13-15(4-2)12-19(28)20(29)14-26;1-2/h4,7-10,12,23-24,26-29H,2-3,5-6,11,13-14H2,1H3,(H,25,30);1-2H3/b15-12+,20-19-;. The molecule has 0 radical (unpaired) electrons. The van der Waals surface area contributed by atoms with Crippen molar-refractivity contribution in [1.82, 2.24) is 10.6 Å². The number of amides is 1. The molecule has 0 spiro atoms. The fourth-order valence-corrected chi connectivity index (χ4v) is 4.18. The third kappa shape index (κ3) is 9.67. The number of aliphatic hydroxyl groups excluding tert-OH is 3. The topological polar surface area (TPSA) is 122 Å². The van der Waals surface area contributed by atoms with Crippen LogP contribution in [-0.4, -0.2) is 38.4 Å². The Hall–Kier alpha value is -2.84. The fourth-order valence-electron chi connectivity index (χ4n) is 2.97. The molecule has 1 aromatic rings. The second kappa shape index (κ2) is 15.1. The number of allylic oxidation sites excluding steroid dienone is 4. The average Bonchev–Trinajstić information content (AvgIpc) is 3.19. The maximum Gasteiger partial charge on any atom is 0.226 e. The summed E-state index contributed by atoms with van der Waals surface area (Å²) in [5.41, 5.74) is 2.21. The molecule has 7 nitrogen and oxygen atoms in total. The third-order valence-electron chi connectivity index (χ3n) is 4.66. The Balaban J connectivity index is 0.00000265. The molecule has 1 aliphatic heterocycles. The molecule has 0 aliphatic carbocycles. The van der Waals surface area contributed by atoms with E-state index in [9.17, 15) is 20.1 Å². The summed E-state index contributed by atoms with van der Waals surface area (Å²) in [5, 5.41) is 43.7. The number of carbonyl (C=O) groups is 1. The van der Waals surface area contributed by atoms with Crippen LogP contribution in [0.1, 0.15) is 52.0 Å². The van der Waals surface area contributed by atoms with Crippen molar-refractivity contribution in [2.75, 3.05) is 6.61 Å². The zero-order valence-corrected chi connectivity index (χ0v) is 20.4. The number of nitrogens with one attached hydrogen (secondary N) is 2. The number of aromatic hydroxyl groups is 1. The van der Waals surface area contributed by atoms with Gasteiger partial charge in [0, 0.05) is 17.0 Å². The second-order valence-electron chi connectivity index (χ2n) is 7.15. The first kappa shape index (κ1) is 28.2. The lowest BCUT2D eigenvalue weighted by Crippen LogP contribution is -2.40. The van der Waals surface area contributed by atoms with E-state index in [4.69, 9.17) is 5.11 Å². The van der Waals surface area contributed by atoms with Crippen molar-refractivity contribution in [3.05, 3.63) is 76.3 Å². The molecule has 0 fully saturated rings. The molecule has 0 bridgehead atoms. The lowest BCUT2D eigenvalue weighted by molar-refractivity contribution is -0.120. The van der Waals surface area contributed by atoms with Crippen LogP contribution < -0.4 is 10.6 Å². The molecule has 0 aromatic heterocycles. The minimum Gasteiger partial charge on any atom is -0.508 e. The Labute approximate surface area is 200 Å². The number of aliphatic hydroxyl groups is 3. The van der Waals surface area contributed by atoms with E-state index < -0.39 is 18.1 Å². The van der Waals surface area contributed by atoms with Gasteiger partial charge in [0.05, 0.1) is 6.42 Å². The summed E-state index contributed by atoms with van der Waals surface area (Å²) in [6, 6.07) is 7.07. The number of phenolic OH excluding ortho intramolecular Hbond substituents is 1. The van der Waals surface area contributed by atoms with Crippen LogP contribution in [0.25, 0.3) is 0 Å². The Morgan fingerprint density at radius 1 is 1.24 bits per heavy atom. The zero-order chi connectivity index (χ0) is 24.8. The van der Waals surface area contributed by atoms with E-state index in [1.165, 1.54) is 17.1 Å². The van der Waals surface area contributed by atoms with E-state index in [1.807, 2.05) is 26.0 Å². The highest BCUT2D eigenvalue weighted by atomic mass is 32.2. The van der Waals surface area contributed by atoms with Gasteiger partial charge in [0.25, 0.3) is 0 Å². The van der Waals surface area contributed by atoms with Crippen LogP contribution in [0.3, 0.4) is 0 Å². The Bertz CT molecular complexity index is 875. The number of rotatable bonds is 11. The highest BCUT2D eigenvalue weighted by Gasteiger charge is 2.25. The molecule has 1 aromatic carbocycles. The molecule has 33 heavy (non-hydrogen) atoms. The van der Waals surface area contributed by atoms with Crippen LogP contribution in [0.15, 0.2) is 70.7 Å². The first-order valence-corrected chi connectivity index (χ1v) is 12.0. The number of benzene rings is 1. The van der Waals surface area contributed by atoms with Gasteiger partial charge in [-0.05, 0) is 42.2 Å². The van der Waals surface area contributed by atoms with Gasteiger partial charge in [-0.25, -0.2) is 0 Å². The predicted molar refractivity (Wildman–Crippen MR) is 135 cm³/mol. The maximum absolute atomic E-state index is 12.5. The van der Waals surface area contributed by atoms with Gasteiger partial charge in [-0.1, -0.05) is 63.7 Å². The molecule has 1 heterocycles. The van der Waals surface area contributed by atoms with Crippen molar-refractivity contribution < 1.29 is 25.2 Å². The molecule has 1 unspecified atom stereocenters. The number of thioether (sulfide) groups is 1. The summed E-state index contributed by atoms with van der Waals surface area (Å²) in [6.07, 6.45) is 6.29. The maximum atomic E-state index is 12.5. The quantitative estimate of drug-likeness (QED) is 0.198. The van der Waals surface area contributed by atoms with E-state index in [-0.39, 0.29) is 23.6 Å². The van der Waals surface area contributed by atoms with E-state index in [0.29, 0.717) is 12.0 Å². The van der Waals surface area contributed by atoms with Crippen LogP contribution in [-0.2, 0) is 11.2 Å². The summed E-state index contributed by atoms with van der Waals surface area (Å²) >= 11 is 1.58. The molecule has 8 heteroatoms. The summed E-state index contributed by atoms with van der Waals surface area (Å²) in [4.78, 5) is 13.7. The number of unbranched alkanes of at least 4 members (excludes halogenated alkanes) is 1. The molecule has 0 saturated heterocycles. The minimum atomic E-state index is -0.697. The number of phenols is 1. The van der Waals surface area contributed by atoms with Gasteiger partial charge in [-0.15, -0.1) is 0 Å². The summed E-state index contributed by atoms with van der Waals surface area (Å²) in [6.45, 7) is 9.06. The predicted octanol–water partition coefficient (Wildman–Crippen LogP) is 4.92. The van der Waals surface area contributed by atoms with Crippen molar-refractivity contribution in [2.24, 2.45) is 0 Å². The van der Waals surface area contributed by atoms with Gasteiger partial charge in [-0.3, -0.25) is 4.79 Å². The number of carbonyl (C=O) groups excluding carboxylic acids is 1. The second-order valence-corrected chi connectivity index (χ2v) is 8.35. The summed E-state index contributed by atoms with van der Waals surface area (Å²) < 4.78 is 0. The largest absolute Gasteiger partial charge is 0.508 e. The molecule has 1 amide bonds. The third-order valence-corrected chi connectivity index (χ3v) is 5.87. The Morgan fingerprint density at radius 2 is 1.91 bits per heavy atom. The van der Waals surface area contributed by atoms with E-state index in [2.05, 4.69) is 24.1 Å². The molecule has 1 atom stereocenters. The first-order valence-electron chi connectivity index (χ1n) is 11.1. The normalized spacial score (nSPS) is 16.4. The van der Waals surface area contributed by atoms with Crippen molar-refractivity contribution in [3.63, 3.8) is 0 Å². The molecule has 6 N–H and O–H groups in total.